The number of hydrogen-bond acceptors (Lipinski definition) is 4. The Balaban J connectivity index is 1.56. The average Bonchev–Trinajstić information content (AvgIpc) is 3.47. The molecule has 0 aliphatic heterocycles. The van der Waals surface area contributed by atoms with Gasteiger partial charge in [-0.2, -0.15) is 5.10 Å². The summed E-state index contributed by atoms with van der Waals surface area (Å²) >= 11 is 0. The minimum Gasteiger partial charge on any atom is -0.264 e. The number of rotatable bonds is 5. The number of pyridine rings is 2. The molecule has 1 aliphatic rings. The molecule has 26 heavy (non-hydrogen) atoms. The van der Waals surface area contributed by atoms with E-state index in [9.17, 15) is 0 Å². The summed E-state index contributed by atoms with van der Waals surface area (Å²) in [5, 5.41) is 5.97. The molecule has 0 N–H and O–H groups in total. The number of para-hydroxylation sites is 1. The molecule has 3 heterocycles. The maximum atomic E-state index is 4.87. The smallest absolute Gasteiger partial charge is 0.154 e. The average molecular weight is 341 g/mol. The highest BCUT2D eigenvalue weighted by atomic mass is 15.4. The second kappa shape index (κ2) is 6.33. The SMILES string of the molecule is c1cncc(CCc2nc(C3CC3)nn2-c2cccc3cccnc23)c1. The summed E-state index contributed by atoms with van der Waals surface area (Å²) < 4.78 is 2.00. The monoisotopic (exact) mass is 341 g/mol. The third-order valence-electron chi connectivity index (χ3n) is 4.83. The molecule has 0 unspecified atom stereocenters. The van der Waals surface area contributed by atoms with Gasteiger partial charge in [-0.3, -0.25) is 9.97 Å². The van der Waals surface area contributed by atoms with Crippen LogP contribution >= 0.6 is 0 Å². The van der Waals surface area contributed by atoms with E-state index in [1.54, 1.807) is 6.20 Å². The van der Waals surface area contributed by atoms with Crippen LogP contribution in [0.3, 0.4) is 0 Å². The summed E-state index contributed by atoms with van der Waals surface area (Å²) in [6.07, 6.45) is 9.67. The first-order valence-electron chi connectivity index (χ1n) is 9.07. The molecule has 1 aliphatic carbocycles. The molecule has 0 amide bonds. The van der Waals surface area contributed by atoms with Gasteiger partial charge in [-0.1, -0.05) is 24.3 Å². The Morgan fingerprint density at radius 2 is 1.85 bits per heavy atom. The summed E-state index contributed by atoms with van der Waals surface area (Å²) in [4.78, 5) is 13.7. The lowest BCUT2D eigenvalue weighted by molar-refractivity contribution is 0.766. The van der Waals surface area contributed by atoms with Gasteiger partial charge in [-0.05, 0) is 43.0 Å². The zero-order valence-corrected chi connectivity index (χ0v) is 14.4. The number of benzene rings is 1. The number of fused-ring (bicyclic) bond motifs is 1. The molecular formula is C21H19N5. The molecule has 1 aromatic carbocycles. The molecule has 0 radical (unpaired) electrons. The van der Waals surface area contributed by atoms with Crippen LogP contribution in [0.4, 0.5) is 0 Å². The summed E-state index contributed by atoms with van der Waals surface area (Å²) in [6.45, 7) is 0. The lowest BCUT2D eigenvalue weighted by atomic mass is 10.1. The molecule has 5 heteroatoms. The van der Waals surface area contributed by atoms with Crippen LogP contribution < -0.4 is 0 Å². The summed E-state index contributed by atoms with van der Waals surface area (Å²) in [6, 6.07) is 14.3. The van der Waals surface area contributed by atoms with Crippen LogP contribution in [0.15, 0.2) is 61.1 Å². The molecule has 3 aromatic heterocycles. The first-order chi connectivity index (χ1) is 12.9. The fourth-order valence-electron chi connectivity index (χ4n) is 3.29. The van der Waals surface area contributed by atoms with E-state index in [2.05, 4.69) is 40.3 Å². The summed E-state index contributed by atoms with van der Waals surface area (Å²) in [7, 11) is 0. The molecule has 128 valence electrons. The third kappa shape index (κ3) is 2.86. The van der Waals surface area contributed by atoms with Gasteiger partial charge >= 0.3 is 0 Å². The van der Waals surface area contributed by atoms with Crippen LogP contribution in [-0.2, 0) is 12.8 Å². The van der Waals surface area contributed by atoms with E-state index in [4.69, 9.17) is 10.1 Å². The maximum Gasteiger partial charge on any atom is 0.154 e. The van der Waals surface area contributed by atoms with Gasteiger partial charge in [0.15, 0.2) is 5.82 Å². The highest BCUT2D eigenvalue weighted by Crippen LogP contribution is 2.38. The Bertz CT molecular complexity index is 1050. The normalized spacial score (nSPS) is 14.0. The number of aryl methyl sites for hydroxylation is 2. The number of aromatic nitrogens is 5. The quantitative estimate of drug-likeness (QED) is 0.553. The van der Waals surface area contributed by atoms with E-state index in [1.807, 2.05) is 29.2 Å². The van der Waals surface area contributed by atoms with Crippen molar-refractivity contribution in [2.45, 2.75) is 31.6 Å². The number of hydrogen-bond donors (Lipinski definition) is 0. The van der Waals surface area contributed by atoms with Crippen LogP contribution in [0.5, 0.6) is 0 Å². The fraction of sp³-hybridized carbons (Fsp3) is 0.238. The van der Waals surface area contributed by atoms with Gasteiger partial charge in [0, 0.05) is 36.3 Å². The van der Waals surface area contributed by atoms with E-state index < -0.39 is 0 Å². The standard InChI is InChI=1S/C21H19N5/c1-5-16-6-3-13-23-20(16)18(7-1)26-19(24-21(25-26)17-9-10-17)11-8-15-4-2-12-22-14-15/h1-7,12-14,17H,8-11H2. The minimum atomic E-state index is 0.524. The van der Waals surface area contributed by atoms with Crippen LogP contribution in [-0.4, -0.2) is 24.7 Å². The molecule has 4 aromatic rings. The minimum absolute atomic E-state index is 0.524. The fourth-order valence-corrected chi connectivity index (χ4v) is 3.29. The molecule has 0 spiro atoms. The van der Waals surface area contributed by atoms with Crippen molar-refractivity contribution in [2.75, 3.05) is 0 Å². The summed E-state index contributed by atoms with van der Waals surface area (Å²) in [5.74, 6) is 2.49. The Labute approximate surface area is 151 Å². The predicted octanol–water partition coefficient (Wildman–Crippen LogP) is 3.87. The molecular weight excluding hydrogens is 322 g/mol. The van der Waals surface area contributed by atoms with Gasteiger partial charge in [0.2, 0.25) is 0 Å². The molecule has 1 saturated carbocycles. The first kappa shape index (κ1) is 15.2. The van der Waals surface area contributed by atoms with E-state index in [0.29, 0.717) is 5.92 Å². The Hall–Kier alpha value is -3.08. The van der Waals surface area contributed by atoms with Crippen LogP contribution in [0, 0.1) is 0 Å². The molecule has 1 fully saturated rings. The summed E-state index contributed by atoms with van der Waals surface area (Å²) in [5.41, 5.74) is 3.18. The van der Waals surface area contributed by atoms with Crippen molar-refractivity contribution in [3.63, 3.8) is 0 Å². The largest absolute Gasteiger partial charge is 0.264 e. The zero-order valence-electron chi connectivity index (χ0n) is 14.4. The van der Waals surface area contributed by atoms with Crippen LogP contribution in [0.1, 0.15) is 36.0 Å². The van der Waals surface area contributed by atoms with Gasteiger partial charge in [-0.25, -0.2) is 9.67 Å². The second-order valence-corrected chi connectivity index (χ2v) is 6.79. The van der Waals surface area contributed by atoms with Gasteiger partial charge in [-0.15, -0.1) is 0 Å². The van der Waals surface area contributed by atoms with Gasteiger partial charge < -0.3 is 0 Å². The third-order valence-corrected chi connectivity index (χ3v) is 4.83. The van der Waals surface area contributed by atoms with Crippen molar-refractivity contribution < 1.29 is 0 Å². The van der Waals surface area contributed by atoms with E-state index >= 15 is 0 Å². The Morgan fingerprint density at radius 3 is 2.69 bits per heavy atom. The molecule has 5 nitrogen and oxygen atoms in total. The highest BCUT2D eigenvalue weighted by molar-refractivity contribution is 5.86. The highest BCUT2D eigenvalue weighted by Gasteiger charge is 2.29. The van der Waals surface area contributed by atoms with E-state index in [-0.39, 0.29) is 0 Å². The van der Waals surface area contributed by atoms with Gasteiger partial charge in [0.25, 0.3) is 0 Å². The van der Waals surface area contributed by atoms with Crippen LogP contribution in [0.25, 0.3) is 16.6 Å². The molecule has 0 atom stereocenters. The van der Waals surface area contributed by atoms with Crippen molar-refractivity contribution in [3.8, 4) is 5.69 Å². The zero-order chi connectivity index (χ0) is 17.3. The predicted molar refractivity (Wildman–Crippen MR) is 100 cm³/mol. The molecule has 0 saturated heterocycles. The van der Waals surface area contributed by atoms with Crippen molar-refractivity contribution in [1.29, 1.82) is 0 Å². The lowest BCUT2D eigenvalue weighted by Gasteiger charge is -2.08. The van der Waals surface area contributed by atoms with Gasteiger partial charge in [0.1, 0.15) is 5.82 Å². The van der Waals surface area contributed by atoms with Crippen LogP contribution in [0.2, 0.25) is 0 Å². The van der Waals surface area contributed by atoms with Crippen molar-refractivity contribution >= 4 is 10.9 Å². The van der Waals surface area contributed by atoms with Crippen molar-refractivity contribution in [1.82, 2.24) is 24.7 Å². The lowest BCUT2D eigenvalue weighted by Crippen LogP contribution is -2.06. The van der Waals surface area contributed by atoms with Crippen molar-refractivity contribution in [3.05, 3.63) is 78.3 Å². The van der Waals surface area contributed by atoms with E-state index in [0.717, 1.165) is 41.1 Å². The first-order valence-corrected chi connectivity index (χ1v) is 9.07. The number of nitrogens with zero attached hydrogens (tertiary/aromatic N) is 5. The molecule has 5 rings (SSSR count). The second-order valence-electron chi connectivity index (χ2n) is 6.79. The maximum absolute atomic E-state index is 4.87. The Morgan fingerprint density at radius 1 is 0.962 bits per heavy atom. The molecule has 0 bridgehead atoms. The van der Waals surface area contributed by atoms with E-state index in [1.165, 1.54) is 18.4 Å². The van der Waals surface area contributed by atoms with Gasteiger partial charge in [0.05, 0.1) is 11.2 Å². The Kier molecular flexibility index (Phi) is 3.70. The topological polar surface area (TPSA) is 56.5 Å². The van der Waals surface area contributed by atoms with Crippen molar-refractivity contribution in [2.24, 2.45) is 0 Å².